The summed E-state index contributed by atoms with van der Waals surface area (Å²) in [5, 5.41) is 15.9. The van der Waals surface area contributed by atoms with E-state index in [2.05, 4.69) is 15.4 Å². The van der Waals surface area contributed by atoms with Crippen LogP contribution in [0, 0.1) is 0 Å². The number of carboxylic acids is 1. The van der Waals surface area contributed by atoms with E-state index in [4.69, 9.17) is 5.11 Å². The van der Waals surface area contributed by atoms with E-state index in [0.29, 0.717) is 17.4 Å². The fourth-order valence-electron chi connectivity index (χ4n) is 2.80. The highest BCUT2D eigenvalue weighted by molar-refractivity contribution is 6.03. The molecule has 7 heteroatoms. The fraction of sp³-hybridized carbons (Fsp3) is 0.375. The normalized spacial score (nSPS) is 15.3. The third-order valence-electron chi connectivity index (χ3n) is 4.04. The average Bonchev–Trinajstić information content (AvgIpc) is 3.04. The lowest BCUT2D eigenvalue weighted by atomic mass is 9.96. The Kier molecular flexibility index (Phi) is 4.36. The Morgan fingerprint density at radius 1 is 1.17 bits per heavy atom. The number of nitrogens with zero attached hydrogens (tertiary/aromatic N) is 3. The Bertz CT molecular complexity index is 702. The molecule has 0 aliphatic heterocycles. The van der Waals surface area contributed by atoms with E-state index in [-0.39, 0.29) is 11.6 Å². The second-order valence-corrected chi connectivity index (χ2v) is 5.66. The van der Waals surface area contributed by atoms with E-state index in [1.807, 2.05) is 10.9 Å². The van der Waals surface area contributed by atoms with Crippen LogP contribution >= 0.6 is 0 Å². The number of aromatic nitrogens is 3. The third kappa shape index (κ3) is 3.56. The molecule has 0 spiro atoms. The molecule has 1 amide bonds. The summed E-state index contributed by atoms with van der Waals surface area (Å²) in [5.74, 6) is -0.991. The largest absolute Gasteiger partial charge is 0.477 e. The molecular formula is C16H18N4O3. The first kappa shape index (κ1) is 15.2. The second kappa shape index (κ2) is 6.60. The molecule has 120 valence electrons. The smallest absolute Gasteiger partial charge is 0.354 e. The summed E-state index contributed by atoms with van der Waals surface area (Å²) < 4.78 is 1.92. The lowest BCUT2D eigenvalue weighted by Gasteiger charge is -2.21. The number of nitrogens with one attached hydrogen (secondary N) is 1. The van der Waals surface area contributed by atoms with Crippen LogP contribution in [0.25, 0.3) is 0 Å². The van der Waals surface area contributed by atoms with Crippen molar-refractivity contribution in [1.29, 1.82) is 0 Å². The number of hydrogen-bond acceptors (Lipinski definition) is 4. The molecule has 0 saturated heterocycles. The van der Waals surface area contributed by atoms with E-state index in [9.17, 15) is 9.59 Å². The molecule has 0 unspecified atom stereocenters. The molecule has 0 atom stereocenters. The van der Waals surface area contributed by atoms with E-state index in [0.717, 1.165) is 12.8 Å². The number of anilines is 1. The lowest BCUT2D eigenvalue weighted by molar-refractivity contribution is 0.0690. The van der Waals surface area contributed by atoms with Gasteiger partial charge in [0.25, 0.3) is 5.91 Å². The molecule has 1 aliphatic rings. The Balaban J connectivity index is 1.65. The van der Waals surface area contributed by atoms with Crippen LogP contribution in [-0.2, 0) is 0 Å². The van der Waals surface area contributed by atoms with Gasteiger partial charge in [0.1, 0.15) is 5.69 Å². The minimum absolute atomic E-state index is 0.0943. The second-order valence-electron chi connectivity index (χ2n) is 5.66. The molecule has 0 aromatic carbocycles. The van der Waals surface area contributed by atoms with Gasteiger partial charge in [0.15, 0.2) is 5.82 Å². The maximum Gasteiger partial charge on any atom is 0.354 e. The maximum atomic E-state index is 12.1. The highest BCUT2D eigenvalue weighted by Crippen LogP contribution is 2.27. The summed E-state index contributed by atoms with van der Waals surface area (Å²) in [6.07, 6.45) is 9.09. The van der Waals surface area contributed by atoms with Gasteiger partial charge in [0.2, 0.25) is 0 Å². The lowest BCUT2D eigenvalue weighted by Crippen LogP contribution is -2.16. The molecule has 2 N–H and O–H groups in total. The summed E-state index contributed by atoms with van der Waals surface area (Å²) in [7, 11) is 0. The summed E-state index contributed by atoms with van der Waals surface area (Å²) >= 11 is 0. The standard InChI is InChI=1S/C16H18N4O3/c21-15(11-6-7-13(16(22)23)17-10-11)18-14-8-9-20(19-14)12-4-2-1-3-5-12/h6-10,12H,1-5H2,(H,22,23)(H,18,19,21). The zero-order chi connectivity index (χ0) is 16.2. The highest BCUT2D eigenvalue weighted by Gasteiger charge is 2.17. The molecule has 1 aliphatic carbocycles. The Labute approximate surface area is 133 Å². The van der Waals surface area contributed by atoms with Crippen molar-refractivity contribution in [2.45, 2.75) is 38.1 Å². The molecule has 0 bridgehead atoms. The van der Waals surface area contributed by atoms with Gasteiger partial charge in [-0.3, -0.25) is 9.48 Å². The van der Waals surface area contributed by atoms with Crippen molar-refractivity contribution < 1.29 is 14.7 Å². The van der Waals surface area contributed by atoms with Gasteiger partial charge in [0.05, 0.1) is 11.6 Å². The van der Waals surface area contributed by atoms with Gasteiger partial charge in [-0.05, 0) is 25.0 Å². The zero-order valence-corrected chi connectivity index (χ0v) is 12.6. The van der Waals surface area contributed by atoms with E-state index in [1.165, 1.54) is 37.6 Å². The Hall–Kier alpha value is -2.70. The summed E-state index contributed by atoms with van der Waals surface area (Å²) in [4.78, 5) is 26.6. The van der Waals surface area contributed by atoms with Crippen LogP contribution in [0.2, 0.25) is 0 Å². The van der Waals surface area contributed by atoms with Crippen molar-refractivity contribution in [2.75, 3.05) is 5.32 Å². The minimum atomic E-state index is -1.12. The fourth-order valence-corrected chi connectivity index (χ4v) is 2.80. The first-order chi connectivity index (χ1) is 11.1. The predicted molar refractivity (Wildman–Crippen MR) is 83.5 cm³/mol. The van der Waals surface area contributed by atoms with Gasteiger partial charge in [0, 0.05) is 18.5 Å². The molecule has 0 radical (unpaired) electrons. The Morgan fingerprint density at radius 3 is 2.61 bits per heavy atom. The van der Waals surface area contributed by atoms with Crippen molar-refractivity contribution >= 4 is 17.7 Å². The average molecular weight is 314 g/mol. The first-order valence-corrected chi connectivity index (χ1v) is 7.69. The van der Waals surface area contributed by atoms with Crippen molar-refractivity contribution in [3.63, 3.8) is 0 Å². The van der Waals surface area contributed by atoms with E-state index in [1.54, 1.807) is 6.07 Å². The molecule has 3 rings (SSSR count). The number of carbonyl (C=O) groups excluding carboxylic acids is 1. The number of carboxylic acid groups (broad SMARTS) is 1. The van der Waals surface area contributed by atoms with Gasteiger partial charge in [-0.15, -0.1) is 0 Å². The number of carbonyl (C=O) groups is 2. The number of rotatable bonds is 4. The van der Waals surface area contributed by atoms with Crippen LogP contribution in [0.3, 0.4) is 0 Å². The highest BCUT2D eigenvalue weighted by atomic mass is 16.4. The van der Waals surface area contributed by atoms with Gasteiger partial charge in [-0.2, -0.15) is 5.10 Å². The van der Waals surface area contributed by atoms with Crippen LogP contribution in [0.15, 0.2) is 30.6 Å². The predicted octanol–water partition coefficient (Wildman–Crippen LogP) is 2.73. The molecule has 7 nitrogen and oxygen atoms in total. The van der Waals surface area contributed by atoms with Gasteiger partial charge >= 0.3 is 5.97 Å². The molecule has 23 heavy (non-hydrogen) atoms. The number of amides is 1. The Morgan fingerprint density at radius 2 is 1.96 bits per heavy atom. The molecular weight excluding hydrogens is 296 g/mol. The van der Waals surface area contributed by atoms with Gasteiger partial charge < -0.3 is 10.4 Å². The minimum Gasteiger partial charge on any atom is -0.477 e. The molecule has 2 aromatic rings. The molecule has 2 aromatic heterocycles. The van der Waals surface area contributed by atoms with Crippen LogP contribution < -0.4 is 5.32 Å². The number of pyridine rings is 1. The van der Waals surface area contributed by atoms with Gasteiger partial charge in [-0.1, -0.05) is 19.3 Å². The summed E-state index contributed by atoms with van der Waals surface area (Å²) in [6.45, 7) is 0. The van der Waals surface area contributed by atoms with E-state index >= 15 is 0 Å². The maximum absolute atomic E-state index is 12.1. The van der Waals surface area contributed by atoms with Crippen molar-refractivity contribution in [2.24, 2.45) is 0 Å². The van der Waals surface area contributed by atoms with Crippen molar-refractivity contribution in [3.8, 4) is 0 Å². The number of hydrogen-bond donors (Lipinski definition) is 2. The third-order valence-corrected chi connectivity index (χ3v) is 4.04. The quantitative estimate of drug-likeness (QED) is 0.904. The zero-order valence-electron chi connectivity index (χ0n) is 12.6. The summed E-state index contributed by atoms with van der Waals surface area (Å²) in [6, 6.07) is 4.92. The molecule has 1 fully saturated rings. The first-order valence-electron chi connectivity index (χ1n) is 7.69. The van der Waals surface area contributed by atoms with Crippen LogP contribution in [-0.4, -0.2) is 31.7 Å². The number of aromatic carboxylic acids is 1. The monoisotopic (exact) mass is 314 g/mol. The topological polar surface area (TPSA) is 97.1 Å². The SMILES string of the molecule is O=C(Nc1ccn(C2CCCCC2)n1)c1ccc(C(=O)O)nc1. The van der Waals surface area contributed by atoms with Crippen molar-refractivity contribution in [1.82, 2.24) is 14.8 Å². The molecule has 2 heterocycles. The molecule has 1 saturated carbocycles. The van der Waals surface area contributed by atoms with Crippen LogP contribution in [0.1, 0.15) is 59.0 Å². The summed E-state index contributed by atoms with van der Waals surface area (Å²) in [5.41, 5.74) is 0.199. The van der Waals surface area contributed by atoms with Crippen LogP contribution in [0.4, 0.5) is 5.82 Å². The van der Waals surface area contributed by atoms with Crippen LogP contribution in [0.5, 0.6) is 0 Å². The van der Waals surface area contributed by atoms with E-state index < -0.39 is 5.97 Å². The van der Waals surface area contributed by atoms with Crippen molar-refractivity contribution in [3.05, 3.63) is 41.9 Å². The van der Waals surface area contributed by atoms with Gasteiger partial charge in [-0.25, -0.2) is 9.78 Å².